The van der Waals surface area contributed by atoms with E-state index in [1.165, 1.54) is 0 Å². The van der Waals surface area contributed by atoms with E-state index in [2.05, 4.69) is 9.97 Å². The summed E-state index contributed by atoms with van der Waals surface area (Å²) in [4.78, 5) is 18.7. The van der Waals surface area contributed by atoms with Crippen molar-refractivity contribution < 1.29 is 0 Å². The van der Waals surface area contributed by atoms with Gasteiger partial charge in [-0.05, 0) is 5.56 Å². The van der Waals surface area contributed by atoms with Crippen LogP contribution in [0.4, 0.5) is 5.95 Å². The quantitative estimate of drug-likeness (QED) is 0.677. The number of H-pyrrole nitrogens is 1. The van der Waals surface area contributed by atoms with Crippen molar-refractivity contribution >= 4 is 17.0 Å². The fourth-order valence-corrected chi connectivity index (χ4v) is 2.13. The Morgan fingerprint density at radius 3 is 2.72 bits per heavy atom. The van der Waals surface area contributed by atoms with Gasteiger partial charge in [0.1, 0.15) is 5.65 Å². The Bertz CT molecular complexity index is 771. The number of rotatable bonds is 1. The molecule has 5 nitrogen and oxygen atoms in total. The number of aryl methyl sites for hydroxylation is 1. The molecule has 1 aromatic carbocycles. The van der Waals surface area contributed by atoms with Gasteiger partial charge in [0.15, 0.2) is 0 Å². The van der Waals surface area contributed by atoms with E-state index in [0.29, 0.717) is 11.0 Å². The number of nitrogen functional groups attached to an aromatic ring is 1. The average Bonchev–Trinajstić information content (AvgIpc) is 2.68. The van der Waals surface area contributed by atoms with Crippen molar-refractivity contribution in [3.63, 3.8) is 0 Å². The number of aromatic amines is 1. The summed E-state index contributed by atoms with van der Waals surface area (Å²) in [5.41, 5.74) is 7.79. The maximum atomic E-state index is 12.0. The molecule has 3 N–H and O–H groups in total. The Hall–Kier alpha value is -2.56. The van der Waals surface area contributed by atoms with E-state index in [4.69, 9.17) is 5.73 Å². The molecule has 3 aromatic rings. The molecule has 2 heterocycles. The molecule has 0 bridgehead atoms. The lowest BCUT2D eigenvalue weighted by molar-refractivity contribution is 0.945. The van der Waals surface area contributed by atoms with Gasteiger partial charge in [0, 0.05) is 18.8 Å². The van der Waals surface area contributed by atoms with Gasteiger partial charge in [0.25, 0.3) is 5.56 Å². The normalized spacial score (nSPS) is 10.9. The molecule has 0 spiro atoms. The van der Waals surface area contributed by atoms with Crippen LogP contribution in [-0.2, 0) is 7.05 Å². The molecule has 0 aliphatic heterocycles. The van der Waals surface area contributed by atoms with Gasteiger partial charge in [-0.1, -0.05) is 30.3 Å². The third-order valence-corrected chi connectivity index (χ3v) is 2.93. The van der Waals surface area contributed by atoms with Gasteiger partial charge < -0.3 is 10.3 Å². The third-order valence-electron chi connectivity index (χ3n) is 2.93. The highest BCUT2D eigenvalue weighted by Gasteiger charge is 2.13. The van der Waals surface area contributed by atoms with Crippen LogP contribution >= 0.6 is 0 Å². The van der Waals surface area contributed by atoms with Crippen molar-refractivity contribution in [3.05, 3.63) is 46.9 Å². The molecule has 3 rings (SSSR count). The third kappa shape index (κ3) is 1.48. The summed E-state index contributed by atoms with van der Waals surface area (Å²) in [7, 11) is 1.85. The molecule has 0 atom stereocenters. The second kappa shape index (κ2) is 3.73. The van der Waals surface area contributed by atoms with Crippen LogP contribution in [-0.4, -0.2) is 14.5 Å². The Kier molecular flexibility index (Phi) is 2.19. The molecule has 0 radical (unpaired) electrons. The van der Waals surface area contributed by atoms with E-state index < -0.39 is 0 Å². The topological polar surface area (TPSA) is 76.7 Å². The molecule has 0 amide bonds. The smallest absolute Gasteiger partial charge is 0.262 e. The highest BCUT2D eigenvalue weighted by atomic mass is 16.1. The van der Waals surface area contributed by atoms with E-state index in [1.54, 1.807) is 0 Å². The minimum atomic E-state index is -0.211. The molecule has 0 aliphatic rings. The zero-order valence-corrected chi connectivity index (χ0v) is 9.84. The second-order valence-corrected chi connectivity index (χ2v) is 4.17. The van der Waals surface area contributed by atoms with E-state index in [9.17, 15) is 4.79 Å². The number of anilines is 1. The van der Waals surface area contributed by atoms with Crippen molar-refractivity contribution in [2.45, 2.75) is 0 Å². The van der Waals surface area contributed by atoms with Crippen LogP contribution in [0.15, 0.2) is 41.3 Å². The summed E-state index contributed by atoms with van der Waals surface area (Å²) in [5.74, 6) is 0.133. The minimum Gasteiger partial charge on any atom is -0.369 e. The summed E-state index contributed by atoms with van der Waals surface area (Å²) < 4.78 is 1.81. The lowest BCUT2D eigenvalue weighted by atomic mass is 10.1. The molecule has 18 heavy (non-hydrogen) atoms. The molecular formula is C13H12N4O. The summed E-state index contributed by atoms with van der Waals surface area (Å²) in [5, 5.41) is 0.568. The Morgan fingerprint density at radius 1 is 1.28 bits per heavy atom. The Balaban J connectivity index is 2.42. The van der Waals surface area contributed by atoms with Gasteiger partial charge in [-0.3, -0.25) is 9.78 Å². The summed E-state index contributed by atoms with van der Waals surface area (Å²) in [6.07, 6.45) is 1.89. The Labute approximate surface area is 103 Å². The van der Waals surface area contributed by atoms with Crippen molar-refractivity contribution in [1.82, 2.24) is 14.5 Å². The lowest BCUT2D eigenvalue weighted by Crippen LogP contribution is -2.11. The number of nitrogens with one attached hydrogen (secondary N) is 1. The van der Waals surface area contributed by atoms with Gasteiger partial charge in [0.05, 0.1) is 5.39 Å². The van der Waals surface area contributed by atoms with Gasteiger partial charge in [0.2, 0.25) is 5.95 Å². The molecule has 0 fully saturated rings. The van der Waals surface area contributed by atoms with Gasteiger partial charge >= 0.3 is 0 Å². The number of hydrogen-bond acceptors (Lipinski definition) is 3. The molecular weight excluding hydrogens is 228 g/mol. The Morgan fingerprint density at radius 2 is 2.00 bits per heavy atom. The van der Waals surface area contributed by atoms with Gasteiger partial charge in [-0.2, -0.15) is 4.98 Å². The first-order valence-corrected chi connectivity index (χ1v) is 5.57. The number of benzene rings is 1. The first kappa shape index (κ1) is 10.6. The summed E-state index contributed by atoms with van der Waals surface area (Å²) in [6.45, 7) is 0. The summed E-state index contributed by atoms with van der Waals surface area (Å²) in [6, 6.07) is 9.74. The molecule has 5 heteroatoms. The fraction of sp³-hybridized carbons (Fsp3) is 0.0769. The van der Waals surface area contributed by atoms with Crippen LogP contribution in [0.25, 0.3) is 22.2 Å². The van der Waals surface area contributed by atoms with Crippen molar-refractivity contribution in [2.24, 2.45) is 7.05 Å². The number of aromatic nitrogens is 3. The van der Waals surface area contributed by atoms with Crippen LogP contribution in [0.1, 0.15) is 0 Å². The molecule has 0 unspecified atom stereocenters. The molecule has 2 aromatic heterocycles. The predicted octanol–water partition coefficient (Wildman–Crippen LogP) is 1.51. The molecule has 90 valence electrons. The minimum absolute atomic E-state index is 0.133. The van der Waals surface area contributed by atoms with Crippen molar-refractivity contribution in [3.8, 4) is 11.1 Å². The zero-order chi connectivity index (χ0) is 12.7. The zero-order valence-electron chi connectivity index (χ0n) is 9.84. The van der Waals surface area contributed by atoms with E-state index >= 15 is 0 Å². The maximum Gasteiger partial charge on any atom is 0.262 e. The van der Waals surface area contributed by atoms with E-state index in [-0.39, 0.29) is 11.5 Å². The van der Waals surface area contributed by atoms with Crippen LogP contribution in [0.3, 0.4) is 0 Å². The molecule has 0 saturated carbocycles. The largest absolute Gasteiger partial charge is 0.369 e. The monoisotopic (exact) mass is 240 g/mol. The van der Waals surface area contributed by atoms with Crippen molar-refractivity contribution in [2.75, 3.05) is 5.73 Å². The van der Waals surface area contributed by atoms with Crippen molar-refractivity contribution in [1.29, 1.82) is 0 Å². The van der Waals surface area contributed by atoms with Gasteiger partial charge in [-0.25, -0.2) is 0 Å². The highest BCUT2D eigenvalue weighted by Crippen LogP contribution is 2.26. The fourth-order valence-electron chi connectivity index (χ4n) is 2.13. The standard InChI is InChI=1S/C13H12N4O/c1-17-7-9(8-5-3-2-4-6-8)10-11(17)15-13(14)16-12(10)18/h2-7H,1H3,(H3,14,15,16,18). The number of fused-ring (bicyclic) bond motifs is 1. The van der Waals surface area contributed by atoms with E-state index in [1.807, 2.05) is 48.1 Å². The predicted molar refractivity (Wildman–Crippen MR) is 71.2 cm³/mol. The number of nitrogens with zero attached hydrogens (tertiary/aromatic N) is 2. The number of hydrogen-bond donors (Lipinski definition) is 2. The highest BCUT2D eigenvalue weighted by molar-refractivity contribution is 5.93. The SMILES string of the molecule is Cn1cc(-c2ccccc2)c2c(=O)[nH]c(N)nc21. The van der Waals surface area contributed by atoms with Crippen LogP contribution < -0.4 is 11.3 Å². The average molecular weight is 240 g/mol. The first-order valence-electron chi connectivity index (χ1n) is 5.57. The maximum absolute atomic E-state index is 12.0. The van der Waals surface area contributed by atoms with Crippen LogP contribution in [0.5, 0.6) is 0 Å². The summed E-state index contributed by atoms with van der Waals surface area (Å²) >= 11 is 0. The lowest BCUT2D eigenvalue weighted by Gasteiger charge is -1.98. The second-order valence-electron chi connectivity index (χ2n) is 4.17. The molecule has 0 aliphatic carbocycles. The van der Waals surface area contributed by atoms with Crippen LogP contribution in [0.2, 0.25) is 0 Å². The first-order chi connectivity index (χ1) is 8.66. The van der Waals surface area contributed by atoms with Gasteiger partial charge in [-0.15, -0.1) is 0 Å². The van der Waals surface area contributed by atoms with Crippen LogP contribution in [0, 0.1) is 0 Å². The number of nitrogens with two attached hydrogens (primary N) is 1. The molecule has 0 saturated heterocycles. The van der Waals surface area contributed by atoms with E-state index in [0.717, 1.165) is 11.1 Å².